The first-order chi connectivity index (χ1) is 15.1. The summed E-state index contributed by atoms with van der Waals surface area (Å²) in [6.45, 7) is 4.92. The number of hydrogen-bond acceptors (Lipinski definition) is 7. The molecule has 1 fully saturated rings. The van der Waals surface area contributed by atoms with Crippen molar-refractivity contribution in [3.63, 3.8) is 0 Å². The number of amides is 1. The molecule has 8 nitrogen and oxygen atoms in total. The highest BCUT2D eigenvalue weighted by molar-refractivity contribution is 6.04. The van der Waals surface area contributed by atoms with Crippen LogP contribution in [0.2, 0.25) is 0 Å². The predicted molar refractivity (Wildman–Crippen MR) is 120 cm³/mol. The van der Waals surface area contributed by atoms with E-state index in [0.717, 1.165) is 30.4 Å². The zero-order valence-corrected chi connectivity index (χ0v) is 17.6. The first kappa shape index (κ1) is 20.6. The summed E-state index contributed by atoms with van der Waals surface area (Å²) in [7, 11) is 1.58. The number of aromatic nitrogens is 2. The molecule has 1 aliphatic heterocycles. The smallest absolute Gasteiger partial charge is 0.255 e. The van der Waals surface area contributed by atoms with Crippen molar-refractivity contribution >= 4 is 28.9 Å². The number of nitrogens with one attached hydrogen (secondary N) is 2. The van der Waals surface area contributed by atoms with Crippen LogP contribution in [0.4, 0.5) is 23.0 Å². The number of nitrogens with zero attached hydrogens (tertiary/aromatic N) is 3. The third-order valence-corrected chi connectivity index (χ3v) is 4.91. The molecule has 0 atom stereocenters. The van der Waals surface area contributed by atoms with Crippen molar-refractivity contribution in [3.8, 4) is 5.75 Å². The molecule has 0 aliphatic carbocycles. The van der Waals surface area contributed by atoms with Crippen LogP contribution >= 0.6 is 0 Å². The van der Waals surface area contributed by atoms with Crippen LogP contribution in [0.1, 0.15) is 16.2 Å². The van der Waals surface area contributed by atoms with Crippen molar-refractivity contribution in [3.05, 3.63) is 66.0 Å². The van der Waals surface area contributed by atoms with Gasteiger partial charge in [0.2, 0.25) is 0 Å². The maximum atomic E-state index is 12.5. The lowest BCUT2D eigenvalue weighted by Crippen LogP contribution is -2.36. The number of anilines is 4. The summed E-state index contributed by atoms with van der Waals surface area (Å²) in [4.78, 5) is 23.7. The molecule has 2 heterocycles. The van der Waals surface area contributed by atoms with Crippen molar-refractivity contribution in [2.45, 2.75) is 6.92 Å². The van der Waals surface area contributed by atoms with E-state index in [1.54, 1.807) is 31.4 Å². The third-order valence-electron chi connectivity index (χ3n) is 4.91. The molecule has 0 bridgehead atoms. The number of benzene rings is 2. The largest absolute Gasteiger partial charge is 0.497 e. The number of hydrogen-bond donors (Lipinski definition) is 2. The van der Waals surface area contributed by atoms with Crippen LogP contribution in [-0.2, 0) is 4.74 Å². The molecule has 1 aliphatic rings. The Morgan fingerprint density at radius 1 is 1.03 bits per heavy atom. The highest BCUT2D eigenvalue weighted by atomic mass is 16.5. The van der Waals surface area contributed by atoms with Gasteiger partial charge in [0.15, 0.2) is 0 Å². The van der Waals surface area contributed by atoms with Gasteiger partial charge in [-0.05, 0) is 49.4 Å². The summed E-state index contributed by atoms with van der Waals surface area (Å²) in [5.74, 6) is 2.77. The van der Waals surface area contributed by atoms with E-state index in [0.29, 0.717) is 36.0 Å². The minimum atomic E-state index is -0.193. The number of rotatable bonds is 6. The molecule has 0 saturated carbocycles. The van der Waals surface area contributed by atoms with Gasteiger partial charge < -0.3 is 25.0 Å². The van der Waals surface area contributed by atoms with Gasteiger partial charge in [0.1, 0.15) is 23.2 Å². The molecule has 0 radical (unpaired) electrons. The molecule has 2 N–H and O–H groups in total. The van der Waals surface area contributed by atoms with E-state index in [1.807, 2.05) is 37.3 Å². The molecule has 4 rings (SSSR count). The Morgan fingerprint density at radius 3 is 2.52 bits per heavy atom. The number of carbonyl (C=O) groups is 1. The number of aryl methyl sites for hydroxylation is 1. The van der Waals surface area contributed by atoms with Crippen molar-refractivity contribution in [1.82, 2.24) is 9.97 Å². The molecule has 1 saturated heterocycles. The van der Waals surface area contributed by atoms with E-state index in [2.05, 4.69) is 25.5 Å². The van der Waals surface area contributed by atoms with E-state index >= 15 is 0 Å². The van der Waals surface area contributed by atoms with Crippen molar-refractivity contribution < 1.29 is 14.3 Å². The van der Waals surface area contributed by atoms with E-state index in [-0.39, 0.29) is 5.91 Å². The Morgan fingerprint density at radius 2 is 1.77 bits per heavy atom. The Hall–Kier alpha value is -3.65. The standard InChI is InChI=1S/C23H25N5O3/c1-16-24-21(15-22(25-16)28-10-12-31-13-11-28)26-18-6-8-19(9-7-18)27-23(29)17-4-3-5-20(14-17)30-2/h3-9,14-15H,10-13H2,1-2H3,(H,27,29)(H,24,25,26). The van der Waals surface area contributed by atoms with Crippen LogP contribution in [0, 0.1) is 6.92 Å². The van der Waals surface area contributed by atoms with E-state index < -0.39 is 0 Å². The van der Waals surface area contributed by atoms with Crippen LogP contribution in [0.25, 0.3) is 0 Å². The minimum Gasteiger partial charge on any atom is -0.497 e. The average Bonchev–Trinajstić information content (AvgIpc) is 2.80. The lowest BCUT2D eigenvalue weighted by Gasteiger charge is -2.28. The fourth-order valence-corrected chi connectivity index (χ4v) is 3.32. The summed E-state index contributed by atoms with van der Waals surface area (Å²) in [6, 6.07) is 16.5. The average molecular weight is 419 g/mol. The maximum absolute atomic E-state index is 12.5. The lowest BCUT2D eigenvalue weighted by atomic mass is 10.2. The summed E-state index contributed by atoms with van der Waals surface area (Å²) in [6.07, 6.45) is 0. The van der Waals surface area contributed by atoms with E-state index in [1.165, 1.54) is 0 Å². The van der Waals surface area contributed by atoms with Gasteiger partial charge in [-0.1, -0.05) is 6.07 Å². The molecular formula is C23H25N5O3. The van der Waals surface area contributed by atoms with Gasteiger partial charge in [0, 0.05) is 36.1 Å². The Bertz CT molecular complexity index is 1050. The quantitative estimate of drug-likeness (QED) is 0.631. The molecule has 3 aromatic rings. The summed E-state index contributed by atoms with van der Waals surface area (Å²) >= 11 is 0. The van der Waals surface area contributed by atoms with Gasteiger partial charge in [0.05, 0.1) is 20.3 Å². The number of ether oxygens (including phenoxy) is 2. The fraction of sp³-hybridized carbons (Fsp3) is 0.261. The van der Waals surface area contributed by atoms with Crippen LogP contribution in [0.5, 0.6) is 5.75 Å². The number of carbonyl (C=O) groups excluding carboxylic acids is 1. The molecule has 0 unspecified atom stereocenters. The predicted octanol–water partition coefficient (Wildman–Crippen LogP) is 3.63. The van der Waals surface area contributed by atoms with E-state index in [9.17, 15) is 4.79 Å². The van der Waals surface area contributed by atoms with Crippen molar-refractivity contribution in [1.29, 1.82) is 0 Å². The normalized spacial score (nSPS) is 13.5. The first-order valence-corrected chi connectivity index (χ1v) is 10.1. The molecule has 160 valence electrons. The number of morpholine rings is 1. The van der Waals surface area contributed by atoms with Crippen LogP contribution < -0.4 is 20.3 Å². The molecular weight excluding hydrogens is 394 g/mol. The molecule has 0 spiro atoms. The highest BCUT2D eigenvalue weighted by Gasteiger charge is 2.14. The molecule has 1 aromatic heterocycles. The highest BCUT2D eigenvalue weighted by Crippen LogP contribution is 2.22. The van der Waals surface area contributed by atoms with Crippen molar-refractivity contribution in [2.24, 2.45) is 0 Å². The maximum Gasteiger partial charge on any atom is 0.255 e. The van der Waals surface area contributed by atoms with Crippen LogP contribution in [0.15, 0.2) is 54.6 Å². The van der Waals surface area contributed by atoms with Gasteiger partial charge in [-0.2, -0.15) is 0 Å². The number of methoxy groups -OCH3 is 1. The van der Waals surface area contributed by atoms with Gasteiger partial charge in [-0.3, -0.25) is 4.79 Å². The molecule has 31 heavy (non-hydrogen) atoms. The van der Waals surface area contributed by atoms with Gasteiger partial charge >= 0.3 is 0 Å². The third kappa shape index (κ3) is 5.29. The Balaban J connectivity index is 1.42. The lowest BCUT2D eigenvalue weighted by molar-refractivity contribution is 0.102. The zero-order chi connectivity index (χ0) is 21.6. The topological polar surface area (TPSA) is 88.6 Å². The van der Waals surface area contributed by atoms with Crippen LogP contribution in [0.3, 0.4) is 0 Å². The summed E-state index contributed by atoms with van der Waals surface area (Å²) < 4.78 is 10.6. The van der Waals surface area contributed by atoms with E-state index in [4.69, 9.17) is 9.47 Å². The summed E-state index contributed by atoms with van der Waals surface area (Å²) in [5, 5.41) is 6.21. The van der Waals surface area contributed by atoms with Gasteiger partial charge in [0.25, 0.3) is 5.91 Å². The van der Waals surface area contributed by atoms with Crippen LogP contribution in [-0.4, -0.2) is 49.3 Å². The fourth-order valence-electron chi connectivity index (χ4n) is 3.32. The zero-order valence-electron chi connectivity index (χ0n) is 17.6. The second-order valence-corrected chi connectivity index (χ2v) is 7.15. The Kier molecular flexibility index (Phi) is 6.28. The minimum absolute atomic E-state index is 0.193. The monoisotopic (exact) mass is 419 g/mol. The summed E-state index contributed by atoms with van der Waals surface area (Å²) in [5.41, 5.74) is 2.10. The second-order valence-electron chi connectivity index (χ2n) is 7.15. The molecule has 8 heteroatoms. The second kappa shape index (κ2) is 9.44. The molecule has 1 amide bonds. The SMILES string of the molecule is COc1cccc(C(=O)Nc2ccc(Nc3cc(N4CCOCC4)nc(C)n3)cc2)c1. The van der Waals surface area contributed by atoms with Gasteiger partial charge in [-0.15, -0.1) is 0 Å². The molecule has 2 aromatic carbocycles. The first-order valence-electron chi connectivity index (χ1n) is 10.1. The van der Waals surface area contributed by atoms with Gasteiger partial charge in [-0.25, -0.2) is 9.97 Å². The van der Waals surface area contributed by atoms with Crippen molar-refractivity contribution in [2.75, 3.05) is 48.9 Å². The Labute approximate surface area is 181 Å².